The lowest BCUT2D eigenvalue weighted by Crippen LogP contribution is -2.51. The number of benzene rings is 1. The van der Waals surface area contributed by atoms with Crippen LogP contribution >= 0.6 is 11.6 Å². The van der Waals surface area contributed by atoms with Crippen molar-refractivity contribution in [2.75, 3.05) is 20.3 Å². The van der Waals surface area contributed by atoms with E-state index in [2.05, 4.69) is 4.98 Å². The number of nitrogens with one attached hydrogen (secondary N) is 1. The second kappa shape index (κ2) is 6.46. The molecule has 0 bridgehead atoms. The first kappa shape index (κ1) is 16.6. The van der Waals surface area contributed by atoms with Gasteiger partial charge in [-0.25, -0.2) is 4.98 Å². The molecule has 0 atom stereocenters. The highest BCUT2D eigenvalue weighted by Crippen LogP contribution is 2.43. The van der Waals surface area contributed by atoms with Crippen molar-refractivity contribution in [2.24, 2.45) is 5.41 Å². The van der Waals surface area contributed by atoms with Gasteiger partial charge in [0.1, 0.15) is 5.82 Å². The van der Waals surface area contributed by atoms with Gasteiger partial charge in [0, 0.05) is 30.7 Å². The molecule has 0 unspecified atom stereocenters. The quantitative estimate of drug-likeness (QED) is 0.909. The van der Waals surface area contributed by atoms with Crippen LogP contribution in [0, 0.1) is 5.41 Å². The number of halogens is 1. The fraction of sp³-hybridized carbons (Fsp3) is 0.474. The second-order valence-corrected chi connectivity index (χ2v) is 7.50. The molecule has 1 fully saturated rings. The molecular weight excluding hydrogens is 338 g/mol. The van der Waals surface area contributed by atoms with Gasteiger partial charge in [0.25, 0.3) is 0 Å². The van der Waals surface area contributed by atoms with Crippen LogP contribution in [0.25, 0.3) is 11.4 Å². The fourth-order valence-corrected chi connectivity index (χ4v) is 3.97. The normalized spacial score (nSPS) is 18.6. The number of carbonyl (C=O) groups excluding carboxylic acids is 1. The molecule has 1 aromatic heterocycles. The summed E-state index contributed by atoms with van der Waals surface area (Å²) in [6.07, 6.45) is 3.76. The third kappa shape index (κ3) is 2.96. The zero-order valence-corrected chi connectivity index (χ0v) is 15.1. The largest absolute Gasteiger partial charge is 0.384 e. The molecule has 2 heterocycles. The first-order valence-electron chi connectivity index (χ1n) is 8.73. The molecule has 0 spiro atoms. The summed E-state index contributed by atoms with van der Waals surface area (Å²) in [7, 11) is 1.68. The molecule has 0 radical (unpaired) electrons. The molecule has 4 rings (SSSR count). The SMILES string of the molecule is COCC1(C(=O)N2CCc3nc(-c4ccc(Cl)cc4)[nH]c3C2)CCC1. The van der Waals surface area contributed by atoms with Crippen molar-refractivity contribution in [3.05, 3.63) is 40.7 Å². The van der Waals surface area contributed by atoms with Crippen LogP contribution in [0.15, 0.2) is 24.3 Å². The first-order chi connectivity index (χ1) is 12.1. The minimum Gasteiger partial charge on any atom is -0.384 e. The number of ether oxygens (including phenoxy) is 1. The monoisotopic (exact) mass is 359 g/mol. The average molecular weight is 360 g/mol. The van der Waals surface area contributed by atoms with Gasteiger partial charge in [-0.05, 0) is 37.1 Å². The summed E-state index contributed by atoms with van der Waals surface area (Å²) in [5, 5.41) is 0.709. The molecule has 2 aliphatic rings. The minimum absolute atomic E-state index is 0.230. The van der Waals surface area contributed by atoms with E-state index in [1.807, 2.05) is 29.2 Å². The van der Waals surface area contributed by atoms with Crippen LogP contribution in [0.1, 0.15) is 30.7 Å². The van der Waals surface area contributed by atoms with Crippen LogP contribution in [-0.4, -0.2) is 41.0 Å². The molecule has 1 N–H and O–H groups in total. The summed E-state index contributed by atoms with van der Waals surface area (Å²) >= 11 is 5.96. The van der Waals surface area contributed by atoms with Gasteiger partial charge in [-0.1, -0.05) is 18.0 Å². The van der Waals surface area contributed by atoms with Crippen LogP contribution in [0.2, 0.25) is 5.02 Å². The van der Waals surface area contributed by atoms with E-state index in [-0.39, 0.29) is 11.3 Å². The zero-order valence-electron chi connectivity index (χ0n) is 14.3. The maximum Gasteiger partial charge on any atom is 0.231 e. The number of carbonyl (C=O) groups is 1. The molecule has 1 aliphatic heterocycles. The van der Waals surface area contributed by atoms with E-state index in [0.29, 0.717) is 18.2 Å². The van der Waals surface area contributed by atoms with Crippen LogP contribution in [0.3, 0.4) is 0 Å². The van der Waals surface area contributed by atoms with E-state index in [4.69, 9.17) is 21.3 Å². The van der Waals surface area contributed by atoms with Gasteiger partial charge in [-0.3, -0.25) is 4.79 Å². The van der Waals surface area contributed by atoms with E-state index in [9.17, 15) is 4.79 Å². The van der Waals surface area contributed by atoms with Crippen LogP contribution in [-0.2, 0) is 22.5 Å². The second-order valence-electron chi connectivity index (χ2n) is 7.06. The Hall–Kier alpha value is -1.85. The molecule has 1 saturated carbocycles. The third-order valence-electron chi connectivity index (χ3n) is 5.42. The first-order valence-corrected chi connectivity index (χ1v) is 9.11. The summed E-state index contributed by atoms with van der Waals surface area (Å²) in [6.45, 7) is 1.84. The summed E-state index contributed by atoms with van der Waals surface area (Å²) in [6, 6.07) is 7.63. The van der Waals surface area contributed by atoms with Gasteiger partial charge in [-0.2, -0.15) is 0 Å². The van der Waals surface area contributed by atoms with Gasteiger partial charge in [0.15, 0.2) is 0 Å². The number of hydrogen-bond donors (Lipinski definition) is 1. The minimum atomic E-state index is -0.300. The van der Waals surface area contributed by atoms with E-state index in [1.165, 1.54) is 0 Å². The number of aromatic nitrogens is 2. The predicted octanol–water partition coefficient (Wildman–Crippen LogP) is 3.43. The highest BCUT2D eigenvalue weighted by Gasteiger charge is 2.46. The molecule has 5 nitrogen and oxygen atoms in total. The van der Waals surface area contributed by atoms with Crippen molar-refractivity contribution in [3.8, 4) is 11.4 Å². The summed E-state index contributed by atoms with van der Waals surface area (Å²) in [5.41, 5.74) is 2.80. The number of imidazole rings is 1. The highest BCUT2D eigenvalue weighted by atomic mass is 35.5. The molecule has 2 aromatic rings. The number of methoxy groups -OCH3 is 1. The Bertz CT molecular complexity index is 780. The number of fused-ring (bicyclic) bond motifs is 1. The average Bonchev–Trinajstić information content (AvgIpc) is 3.01. The summed E-state index contributed by atoms with van der Waals surface area (Å²) in [4.78, 5) is 23.1. The Labute approximate surface area is 152 Å². The Kier molecular flexibility index (Phi) is 4.29. The molecular formula is C19H22ClN3O2. The fourth-order valence-electron chi connectivity index (χ4n) is 3.85. The molecule has 0 saturated heterocycles. The van der Waals surface area contributed by atoms with Crippen molar-refractivity contribution < 1.29 is 9.53 Å². The van der Waals surface area contributed by atoms with Gasteiger partial charge in [0.05, 0.1) is 30.0 Å². The van der Waals surface area contributed by atoms with E-state index in [1.54, 1.807) is 7.11 Å². The zero-order chi connectivity index (χ0) is 17.4. The lowest BCUT2D eigenvalue weighted by Gasteiger charge is -2.43. The summed E-state index contributed by atoms with van der Waals surface area (Å²) in [5.74, 6) is 1.07. The highest BCUT2D eigenvalue weighted by molar-refractivity contribution is 6.30. The Balaban J connectivity index is 1.53. The summed E-state index contributed by atoms with van der Waals surface area (Å²) < 4.78 is 5.32. The molecule has 1 aliphatic carbocycles. The maximum absolute atomic E-state index is 13.0. The smallest absolute Gasteiger partial charge is 0.231 e. The van der Waals surface area contributed by atoms with Gasteiger partial charge < -0.3 is 14.6 Å². The number of rotatable bonds is 4. The number of amides is 1. The van der Waals surface area contributed by atoms with E-state index in [0.717, 1.165) is 55.0 Å². The Morgan fingerprint density at radius 3 is 2.76 bits per heavy atom. The van der Waals surface area contributed by atoms with E-state index >= 15 is 0 Å². The lowest BCUT2D eigenvalue weighted by atomic mass is 9.68. The predicted molar refractivity (Wildman–Crippen MR) is 96.3 cm³/mol. The molecule has 1 amide bonds. The number of nitrogens with zero attached hydrogens (tertiary/aromatic N) is 2. The standard InChI is InChI=1S/C19H22ClN3O2/c1-25-12-19(8-2-9-19)18(24)23-10-7-15-16(11-23)22-17(21-15)13-3-5-14(20)6-4-13/h3-6H,2,7-12H2,1H3,(H,21,22). The van der Waals surface area contributed by atoms with Crippen LogP contribution < -0.4 is 0 Å². The van der Waals surface area contributed by atoms with Crippen molar-refractivity contribution >= 4 is 17.5 Å². The number of hydrogen-bond acceptors (Lipinski definition) is 3. The van der Waals surface area contributed by atoms with Gasteiger partial charge in [0.2, 0.25) is 5.91 Å². The topological polar surface area (TPSA) is 58.2 Å². The third-order valence-corrected chi connectivity index (χ3v) is 5.67. The lowest BCUT2D eigenvalue weighted by molar-refractivity contribution is -0.153. The Morgan fingerprint density at radius 2 is 2.12 bits per heavy atom. The van der Waals surface area contributed by atoms with Crippen LogP contribution in [0.5, 0.6) is 0 Å². The Morgan fingerprint density at radius 1 is 1.36 bits per heavy atom. The molecule has 25 heavy (non-hydrogen) atoms. The van der Waals surface area contributed by atoms with Crippen molar-refractivity contribution in [2.45, 2.75) is 32.2 Å². The molecule has 1 aromatic carbocycles. The number of aromatic amines is 1. The number of H-pyrrole nitrogens is 1. The van der Waals surface area contributed by atoms with Crippen molar-refractivity contribution in [1.29, 1.82) is 0 Å². The molecule has 132 valence electrons. The van der Waals surface area contributed by atoms with Gasteiger partial charge in [-0.15, -0.1) is 0 Å². The maximum atomic E-state index is 13.0. The van der Waals surface area contributed by atoms with Crippen molar-refractivity contribution in [3.63, 3.8) is 0 Å². The van der Waals surface area contributed by atoms with E-state index < -0.39 is 0 Å². The van der Waals surface area contributed by atoms with Gasteiger partial charge >= 0.3 is 0 Å². The van der Waals surface area contributed by atoms with Crippen LogP contribution in [0.4, 0.5) is 0 Å². The molecule has 6 heteroatoms. The van der Waals surface area contributed by atoms with Crippen molar-refractivity contribution in [1.82, 2.24) is 14.9 Å².